The molecule has 4 heteroatoms. The number of hydrogen-bond donors (Lipinski definition) is 2. The molecule has 2 N–H and O–H groups in total. The molecule has 0 fully saturated rings. The number of aromatic nitrogens is 2. The van der Waals surface area contributed by atoms with Crippen molar-refractivity contribution in [2.75, 3.05) is 11.9 Å². The SMILES string of the molecule is Cc1cc(CC(O)c2cccc3c2NCC3)n(C)n1. The standard InChI is InChI=1S/C15H19N3O/c1-10-8-12(18(2)17-10)9-14(19)13-5-3-4-11-6-7-16-15(11)13/h3-5,8,14,16,19H,6-7,9H2,1-2H3. The van der Waals surface area contributed by atoms with Crippen LogP contribution < -0.4 is 5.32 Å². The fraction of sp³-hybridized carbons (Fsp3) is 0.400. The third-order valence-corrected chi connectivity index (χ3v) is 3.74. The second-order valence-corrected chi connectivity index (χ2v) is 5.18. The molecule has 0 radical (unpaired) electrons. The average Bonchev–Trinajstić information content (AvgIpc) is 2.95. The van der Waals surface area contributed by atoms with E-state index < -0.39 is 6.10 Å². The van der Waals surface area contributed by atoms with Gasteiger partial charge in [0.25, 0.3) is 0 Å². The van der Waals surface area contributed by atoms with Gasteiger partial charge in [-0.25, -0.2) is 0 Å². The summed E-state index contributed by atoms with van der Waals surface area (Å²) in [6.07, 6.45) is 1.14. The Labute approximate surface area is 113 Å². The molecule has 19 heavy (non-hydrogen) atoms. The van der Waals surface area contributed by atoms with Crippen LogP contribution in [0.4, 0.5) is 5.69 Å². The number of aliphatic hydroxyl groups excluding tert-OH is 1. The summed E-state index contributed by atoms with van der Waals surface area (Å²) < 4.78 is 1.84. The number of anilines is 1. The highest BCUT2D eigenvalue weighted by Crippen LogP contribution is 2.32. The lowest BCUT2D eigenvalue weighted by Crippen LogP contribution is -2.08. The third kappa shape index (κ3) is 2.24. The number of hydrogen-bond acceptors (Lipinski definition) is 3. The van der Waals surface area contributed by atoms with Gasteiger partial charge in [-0.15, -0.1) is 0 Å². The molecule has 0 amide bonds. The van der Waals surface area contributed by atoms with Crippen LogP contribution in [0.25, 0.3) is 0 Å². The second kappa shape index (κ2) is 4.70. The monoisotopic (exact) mass is 257 g/mol. The normalized spacial score (nSPS) is 15.1. The van der Waals surface area contributed by atoms with Crippen molar-refractivity contribution in [1.29, 1.82) is 0 Å². The van der Waals surface area contributed by atoms with Gasteiger partial charge in [0, 0.05) is 37.0 Å². The van der Waals surface area contributed by atoms with Gasteiger partial charge in [-0.05, 0) is 25.0 Å². The predicted octanol–water partition coefficient (Wildman–Crippen LogP) is 1.97. The summed E-state index contributed by atoms with van der Waals surface area (Å²) in [5.74, 6) is 0. The van der Waals surface area contributed by atoms with E-state index in [0.29, 0.717) is 6.42 Å². The van der Waals surface area contributed by atoms with E-state index in [4.69, 9.17) is 0 Å². The van der Waals surface area contributed by atoms with Crippen molar-refractivity contribution in [2.45, 2.75) is 25.9 Å². The summed E-state index contributed by atoms with van der Waals surface area (Å²) in [5, 5.41) is 18.2. The van der Waals surface area contributed by atoms with E-state index in [1.165, 1.54) is 5.56 Å². The molecule has 4 nitrogen and oxygen atoms in total. The average molecular weight is 257 g/mol. The summed E-state index contributed by atoms with van der Waals surface area (Å²) in [6, 6.07) is 8.18. The minimum Gasteiger partial charge on any atom is -0.388 e. The molecule has 2 aromatic rings. The Balaban J connectivity index is 1.87. The molecule has 1 aromatic carbocycles. The lowest BCUT2D eigenvalue weighted by molar-refractivity contribution is 0.176. The number of benzene rings is 1. The molecule has 1 unspecified atom stereocenters. The van der Waals surface area contributed by atoms with E-state index in [2.05, 4.69) is 16.5 Å². The smallest absolute Gasteiger partial charge is 0.0865 e. The molecule has 0 spiro atoms. The highest BCUT2D eigenvalue weighted by molar-refractivity contribution is 5.62. The molecule has 0 aliphatic carbocycles. The summed E-state index contributed by atoms with van der Waals surface area (Å²) in [5.41, 5.74) is 5.46. The molecule has 0 saturated carbocycles. The topological polar surface area (TPSA) is 50.1 Å². The second-order valence-electron chi connectivity index (χ2n) is 5.18. The summed E-state index contributed by atoms with van der Waals surface area (Å²) >= 11 is 0. The number of nitrogens with one attached hydrogen (secondary N) is 1. The first-order valence-corrected chi connectivity index (χ1v) is 6.68. The lowest BCUT2D eigenvalue weighted by Gasteiger charge is -2.15. The minimum absolute atomic E-state index is 0.490. The van der Waals surface area contributed by atoms with Gasteiger partial charge >= 0.3 is 0 Å². The van der Waals surface area contributed by atoms with Crippen LogP contribution in [0, 0.1) is 6.92 Å². The van der Waals surface area contributed by atoms with Crippen molar-refractivity contribution in [3.05, 3.63) is 46.8 Å². The molecule has 3 rings (SSSR count). The fourth-order valence-electron chi connectivity index (χ4n) is 2.81. The van der Waals surface area contributed by atoms with Crippen LogP contribution in [0.1, 0.15) is 28.6 Å². The Morgan fingerprint density at radius 3 is 3.05 bits per heavy atom. The first kappa shape index (κ1) is 12.2. The Morgan fingerprint density at radius 1 is 1.47 bits per heavy atom. The van der Waals surface area contributed by atoms with Crippen molar-refractivity contribution in [3.8, 4) is 0 Å². The van der Waals surface area contributed by atoms with Crippen molar-refractivity contribution >= 4 is 5.69 Å². The van der Waals surface area contributed by atoms with Gasteiger partial charge < -0.3 is 10.4 Å². The van der Waals surface area contributed by atoms with Crippen molar-refractivity contribution in [3.63, 3.8) is 0 Å². The van der Waals surface area contributed by atoms with Crippen LogP contribution >= 0.6 is 0 Å². The van der Waals surface area contributed by atoms with Crippen LogP contribution in [-0.2, 0) is 19.9 Å². The molecule has 1 aromatic heterocycles. The van der Waals surface area contributed by atoms with Gasteiger partial charge in [0.1, 0.15) is 0 Å². The lowest BCUT2D eigenvalue weighted by atomic mass is 10.00. The van der Waals surface area contributed by atoms with Gasteiger partial charge in [0.2, 0.25) is 0 Å². The summed E-state index contributed by atoms with van der Waals surface area (Å²) in [4.78, 5) is 0. The number of aliphatic hydroxyl groups is 1. The van der Waals surface area contributed by atoms with Gasteiger partial charge in [-0.2, -0.15) is 5.10 Å². The molecule has 2 heterocycles. The highest BCUT2D eigenvalue weighted by Gasteiger charge is 2.20. The van der Waals surface area contributed by atoms with E-state index in [1.54, 1.807) is 0 Å². The molecule has 1 aliphatic heterocycles. The minimum atomic E-state index is -0.490. The third-order valence-electron chi connectivity index (χ3n) is 3.74. The van der Waals surface area contributed by atoms with Gasteiger partial charge in [-0.1, -0.05) is 18.2 Å². The molecular formula is C15H19N3O. The van der Waals surface area contributed by atoms with Gasteiger partial charge in [0.15, 0.2) is 0 Å². The van der Waals surface area contributed by atoms with E-state index in [-0.39, 0.29) is 0 Å². The molecule has 0 bridgehead atoms. The van der Waals surface area contributed by atoms with Crippen LogP contribution in [0.15, 0.2) is 24.3 Å². The predicted molar refractivity (Wildman–Crippen MR) is 75.2 cm³/mol. The molecular weight excluding hydrogens is 238 g/mol. The fourth-order valence-corrected chi connectivity index (χ4v) is 2.81. The van der Waals surface area contributed by atoms with E-state index >= 15 is 0 Å². The van der Waals surface area contributed by atoms with Crippen molar-refractivity contribution in [1.82, 2.24) is 9.78 Å². The summed E-state index contributed by atoms with van der Waals surface area (Å²) in [7, 11) is 1.92. The maximum atomic E-state index is 10.5. The molecule has 1 aliphatic rings. The zero-order valence-electron chi connectivity index (χ0n) is 11.3. The maximum absolute atomic E-state index is 10.5. The van der Waals surface area contributed by atoms with Crippen LogP contribution in [0.5, 0.6) is 0 Å². The Kier molecular flexibility index (Phi) is 3.03. The van der Waals surface area contributed by atoms with Crippen LogP contribution in [0.2, 0.25) is 0 Å². The number of nitrogens with zero attached hydrogens (tertiary/aromatic N) is 2. The first-order chi connectivity index (χ1) is 9.15. The van der Waals surface area contributed by atoms with Gasteiger partial charge in [-0.3, -0.25) is 4.68 Å². The van der Waals surface area contributed by atoms with E-state index in [9.17, 15) is 5.11 Å². The van der Waals surface area contributed by atoms with Crippen molar-refractivity contribution < 1.29 is 5.11 Å². The van der Waals surface area contributed by atoms with Crippen LogP contribution in [-0.4, -0.2) is 21.4 Å². The zero-order valence-corrected chi connectivity index (χ0v) is 11.3. The van der Waals surface area contributed by atoms with Crippen molar-refractivity contribution in [2.24, 2.45) is 7.05 Å². The maximum Gasteiger partial charge on any atom is 0.0865 e. The number of para-hydroxylation sites is 1. The number of fused-ring (bicyclic) bond motifs is 1. The quantitative estimate of drug-likeness (QED) is 0.884. The Morgan fingerprint density at radius 2 is 2.32 bits per heavy atom. The molecule has 100 valence electrons. The van der Waals surface area contributed by atoms with E-state index in [1.807, 2.05) is 36.9 Å². The molecule has 0 saturated heterocycles. The van der Waals surface area contributed by atoms with Crippen LogP contribution in [0.3, 0.4) is 0 Å². The number of aryl methyl sites for hydroxylation is 2. The highest BCUT2D eigenvalue weighted by atomic mass is 16.3. The van der Waals surface area contributed by atoms with E-state index in [0.717, 1.165) is 35.6 Å². The number of rotatable bonds is 3. The summed E-state index contributed by atoms with van der Waals surface area (Å²) in [6.45, 7) is 2.93. The zero-order chi connectivity index (χ0) is 13.4. The largest absolute Gasteiger partial charge is 0.388 e. The molecule has 1 atom stereocenters. The Bertz CT molecular complexity index is 603. The first-order valence-electron chi connectivity index (χ1n) is 6.68. The Hall–Kier alpha value is -1.81. The van der Waals surface area contributed by atoms with Gasteiger partial charge in [0.05, 0.1) is 11.8 Å².